The highest BCUT2D eigenvalue weighted by Gasteiger charge is 2.16. The number of aromatic nitrogens is 2. The molecule has 31 heavy (non-hydrogen) atoms. The van der Waals surface area contributed by atoms with Gasteiger partial charge in [-0.1, -0.05) is 54.6 Å². The third kappa shape index (κ3) is 5.58. The van der Waals surface area contributed by atoms with Crippen LogP contribution in [0, 0.1) is 6.92 Å². The number of halogens is 1. The number of amides is 1. The molecule has 0 fully saturated rings. The fourth-order valence-electron chi connectivity index (χ4n) is 2.95. The van der Waals surface area contributed by atoms with Crippen molar-refractivity contribution < 1.29 is 4.79 Å². The number of benzene rings is 3. The predicted molar refractivity (Wildman–Crippen MR) is 128 cm³/mol. The van der Waals surface area contributed by atoms with Gasteiger partial charge in [-0.25, -0.2) is 4.98 Å². The average Bonchev–Trinajstić information content (AvgIpc) is 2.78. The molecular formula is C24H22ClN5O. The maximum Gasteiger partial charge on any atom is 0.255 e. The van der Waals surface area contributed by atoms with E-state index in [9.17, 15) is 4.79 Å². The van der Waals surface area contributed by atoms with E-state index >= 15 is 0 Å². The van der Waals surface area contributed by atoms with Gasteiger partial charge in [0.05, 0.1) is 5.69 Å². The van der Waals surface area contributed by atoms with Crippen molar-refractivity contribution in [1.82, 2.24) is 9.97 Å². The Balaban J connectivity index is 0.00000272. The number of nitrogens with zero attached hydrogens (tertiary/aromatic N) is 2. The quantitative estimate of drug-likeness (QED) is 0.351. The van der Waals surface area contributed by atoms with Crippen LogP contribution in [-0.4, -0.2) is 15.9 Å². The first kappa shape index (κ1) is 21.8. The first-order valence-corrected chi connectivity index (χ1v) is 9.58. The molecule has 0 spiro atoms. The lowest BCUT2D eigenvalue weighted by Crippen LogP contribution is -2.16. The highest BCUT2D eigenvalue weighted by Crippen LogP contribution is 2.29. The summed E-state index contributed by atoms with van der Waals surface area (Å²) < 4.78 is 0. The lowest BCUT2D eigenvalue weighted by atomic mass is 10.2. The second kappa shape index (κ2) is 10.2. The molecule has 1 amide bonds. The zero-order valence-electron chi connectivity index (χ0n) is 16.9. The standard InChI is InChI=1S/C24H21N5O.ClH/c1-17-21(28-23(30)18-11-5-2-6-12-18)22(26-19-13-7-3-8-14-19)29-24(25-17)27-20-15-9-4-10-16-20;/h2-16H,1H3,(H,28,30)(H2,25,26,27,29);1H. The number of carbonyl (C=O) groups is 1. The Bertz CT molecular complexity index is 1140. The number of carbonyl (C=O) groups excluding carboxylic acids is 1. The topological polar surface area (TPSA) is 78.9 Å². The van der Waals surface area contributed by atoms with Gasteiger partial charge in [-0.3, -0.25) is 4.79 Å². The highest BCUT2D eigenvalue weighted by molar-refractivity contribution is 6.06. The summed E-state index contributed by atoms with van der Waals surface area (Å²) in [6.07, 6.45) is 0. The Morgan fingerprint density at radius 3 is 1.81 bits per heavy atom. The van der Waals surface area contributed by atoms with Crippen molar-refractivity contribution in [2.45, 2.75) is 6.92 Å². The Morgan fingerprint density at radius 2 is 1.23 bits per heavy atom. The van der Waals surface area contributed by atoms with Crippen LogP contribution in [0.4, 0.5) is 28.8 Å². The van der Waals surface area contributed by atoms with Crippen LogP contribution in [-0.2, 0) is 0 Å². The molecule has 0 saturated carbocycles. The average molecular weight is 432 g/mol. The van der Waals surface area contributed by atoms with Crippen LogP contribution in [0.3, 0.4) is 0 Å². The summed E-state index contributed by atoms with van der Waals surface area (Å²) >= 11 is 0. The molecule has 0 radical (unpaired) electrons. The smallest absolute Gasteiger partial charge is 0.255 e. The van der Waals surface area contributed by atoms with Crippen LogP contribution in [0.25, 0.3) is 0 Å². The fraction of sp³-hybridized carbons (Fsp3) is 0.0417. The lowest BCUT2D eigenvalue weighted by Gasteiger charge is -2.16. The summed E-state index contributed by atoms with van der Waals surface area (Å²) in [6, 6.07) is 28.4. The maximum atomic E-state index is 12.7. The van der Waals surface area contributed by atoms with E-state index in [0.29, 0.717) is 28.7 Å². The normalized spacial score (nSPS) is 9.97. The Hall–Kier alpha value is -3.90. The van der Waals surface area contributed by atoms with Crippen molar-refractivity contribution in [1.29, 1.82) is 0 Å². The molecule has 0 atom stereocenters. The van der Waals surface area contributed by atoms with E-state index in [1.165, 1.54) is 0 Å². The molecule has 1 aromatic heterocycles. The first-order valence-electron chi connectivity index (χ1n) is 9.58. The van der Waals surface area contributed by atoms with Crippen LogP contribution in [0.2, 0.25) is 0 Å². The van der Waals surface area contributed by atoms with E-state index in [-0.39, 0.29) is 18.3 Å². The number of hydrogen-bond acceptors (Lipinski definition) is 5. The van der Waals surface area contributed by atoms with Crippen molar-refractivity contribution in [3.63, 3.8) is 0 Å². The summed E-state index contributed by atoms with van der Waals surface area (Å²) in [4.78, 5) is 21.9. The summed E-state index contributed by atoms with van der Waals surface area (Å²) in [5.41, 5.74) is 3.48. The third-order valence-corrected chi connectivity index (χ3v) is 4.43. The van der Waals surface area contributed by atoms with Crippen LogP contribution in [0.5, 0.6) is 0 Å². The minimum absolute atomic E-state index is 0. The lowest BCUT2D eigenvalue weighted by molar-refractivity contribution is 0.102. The van der Waals surface area contributed by atoms with Gasteiger partial charge in [-0.15, -0.1) is 12.4 Å². The van der Waals surface area contributed by atoms with Gasteiger partial charge < -0.3 is 16.0 Å². The van der Waals surface area contributed by atoms with Gasteiger partial charge in [-0.05, 0) is 43.3 Å². The van der Waals surface area contributed by atoms with Crippen LogP contribution in [0.1, 0.15) is 16.1 Å². The molecular weight excluding hydrogens is 410 g/mol. The molecule has 1 heterocycles. The van der Waals surface area contributed by atoms with Gasteiger partial charge in [0.1, 0.15) is 5.69 Å². The van der Waals surface area contributed by atoms with Crippen LogP contribution in [0.15, 0.2) is 91.0 Å². The zero-order valence-corrected chi connectivity index (χ0v) is 17.7. The molecule has 4 aromatic rings. The minimum Gasteiger partial charge on any atom is -0.338 e. The van der Waals surface area contributed by atoms with E-state index < -0.39 is 0 Å². The summed E-state index contributed by atoms with van der Waals surface area (Å²) in [7, 11) is 0. The SMILES string of the molecule is Cc1nc(Nc2ccccc2)nc(Nc2ccccc2)c1NC(=O)c1ccccc1.Cl. The van der Waals surface area contributed by atoms with Crippen molar-refractivity contribution >= 4 is 47.1 Å². The van der Waals surface area contributed by atoms with Gasteiger partial charge in [0.25, 0.3) is 5.91 Å². The van der Waals surface area contributed by atoms with Crippen molar-refractivity contribution in [3.8, 4) is 0 Å². The monoisotopic (exact) mass is 431 g/mol. The zero-order chi connectivity index (χ0) is 20.8. The Morgan fingerprint density at radius 1 is 0.710 bits per heavy atom. The molecule has 156 valence electrons. The van der Waals surface area contributed by atoms with E-state index in [1.54, 1.807) is 12.1 Å². The van der Waals surface area contributed by atoms with Gasteiger partial charge in [-0.2, -0.15) is 4.98 Å². The van der Waals surface area contributed by atoms with E-state index in [0.717, 1.165) is 11.4 Å². The third-order valence-electron chi connectivity index (χ3n) is 4.43. The van der Waals surface area contributed by atoms with Crippen LogP contribution < -0.4 is 16.0 Å². The molecule has 3 N–H and O–H groups in total. The minimum atomic E-state index is -0.220. The molecule has 7 heteroatoms. The van der Waals surface area contributed by atoms with E-state index in [2.05, 4.69) is 25.9 Å². The van der Waals surface area contributed by atoms with Crippen molar-refractivity contribution in [2.24, 2.45) is 0 Å². The molecule has 4 rings (SSSR count). The largest absolute Gasteiger partial charge is 0.338 e. The predicted octanol–water partition coefficient (Wildman–Crippen LogP) is 5.95. The summed E-state index contributed by atoms with van der Waals surface area (Å²) in [5, 5.41) is 9.45. The highest BCUT2D eigenvalue weighted by atomic mass is 35.5. The molecule has 0 aliphatic rings. The number of aryl methyl sites for hydroxylation is 1. The number of nitrogens with one attached hydrogen (secondary N) is 3. The summed E-state index contributed by atoms with van der Waals surface area (Å²) in [5.74, 6) is 0.730. The second-order valence-corrected chi connectivity index (χ2v) is 6.66. The molecule has 6 nitrogen and oxygen atoms in total. The fourth-order valence-corrected chi connectivity index (χ4v) is 2.95. The van der Waals surface area contributed by atoms with E-state index in [1.807, 2.05) is 85.8 Å². The molecule has 0 bridgehead atoms. The number of rotatable bonds is 6. The van der Waals surface area contributed by atoms with Gasteiger partial charge >= 0.3 is 0 Å². The Labute approximate surface area is 187 Å². The van der Waals surface area contributed by atoms with E-state index in [4.69, 9.17) is 0 Å². The first-order chi connectivity index (χ1) is 14.7. The number of hydrogen-bond donors (Lipinski definition) is 3. The molecule has 0 aliphatic carbocycles. The molecule has 0 saturated heterocycles. The number of anilines is 5. The van der Waals surface area contributed by atoms with Gasteiger partial charge in [0.15, 0.2) is 5.82 Å². The number of para-hydroxylation sites is 2. The van der Waals surface area contributed by atoms with Crippen molar-refractivity contribution in [2.75, 3.05) is 16.0 Å². The summed E-state index contributed by atoms with van der Waals surface area (Å²) in [6.45, 7) is 1.84. The van der Waals surface area contributed by atoms with Gasteiger partial charge in [0, 0.05) is 16.9 Å². The van der Waals surface area contributed by atoms with Crippen molar-refractivity contribution in [3.05, 3.63) is 102 Å². The van der Waals surface area contributed by atoms with Gasteiger partial charge in [0.2, 0.25) is 5.95 Å². The molecule has 0 aliphatic heterocycles. The second-order valence-electron chi connectivity index (χ2n) is 6.66. The Kier molecular flexibility index (Phi) is 7.19. The molecule has 0 unspecified atom stereocenters. The molecule has 3 aromatic carbocycles. The van der Waals surface area contributed by atoms with Crippen LogP contribution >= 0.6 is 12.4 Å². The maximum absolute atomic E-state index is 12.7.